The molecule has 1 N–H and O–H groups in total. The summed E-state index contributed by atoms with van der Waals surface area (Å²) in [6, 6.07) is 11.7. The molecule has 0 spiro atoms. The van der Waals surface area contributed by atoms with E-state index in [1.54, 1.807) is 37.3 Å². The van der Waals surface area contributed by atoms with Crippen LogP contribution in [0.15, 0.2) is 52.5 Å². The SMILES string of the molecule is COc1cccc(C2/C(=C(/O)c3ccc(OC)c(Br)c3)C(=O)C(=O)N2C2CCCCC2)c1. The summed E-state index contributed by atoms with van der Waals surface area (Å²) < 4.78 is 11.3. The standard InChI is InChI=1S/C25H26BrNO5/c1-31-18-10-6-7-15(13-18)22-21(23(28)16-11-12-20(32-2)19(26)14-16)24(29)25(30)27(22)17-8-4-3-5-9-17/h6-7,10-14,17,22,28H,3-5,8-9H2,1-2H3/b23-21-. The summed E-state index contributed by atoms with van der Waals surface area (Å²) in [5, 5.41) is 11.3. The number of aliphatic hydroxyl groups is 1. The molecule has 1 atom stereocenters. The van der Waals surface area contributed by atoms with Crippen LogP contribution in [0.25, 0.3) is 5.76 Å². The van der Waals surface area contributed by atoms with Gasteiger partial charge in [-0.25, -0.2) is 0 Å². The molecule has 1 aliphatic heterocycles. The Hall–Kier alpha value is -2.80. The zero-order valence-corrected chi connectivity index (χ0v) is 19.7. The molecule has 2 aliphatic rings. The van der Waals surface area contributed by atoms with Gasteiger partial charge in [-0.05, 0) is 64.7 Å². The van der Waals surface area contributed by atoms with E-state index in [-0.39, 0.29) is 17.4 Å². The Morgan fingerprint density at radius 3 is 2.44 bits per heavy atom. The lowest BCUT2D eigenvalue weighted by atomic mass is 9.91. The number of amides is 1. The number of rotatable bonds is 5. The lowest BCUT2D eigenvalue weighted by molar-refractivity contribution is -0.141. The topological polar surface area (TPSA) is 76.1 Å². The van der Waals surface area contributed by atoms with Gasteiger partial charge >= 0.3 is 0 Å². The molecule has 0 aromatic heterocycles. The first kappa shape index (κ1) is 22.4. The van der Waals surface area contributed by atoms with Crippen molar-refractivity contribution in [1.29, 1.82) is 0 Å². The maximum atomic E-state index is 13.2. The molecule has 32 heavy (non-hydrogen) atoms. The van der Waals surface area contributed by atoms with Gasteiger partial charge in [0.1, 0.15) is 17.3 Å². The van der Waals surface area contributed by atoms with Gasteiger partial charge in [-0.1, -0.05) is 31.4 Å². The summed E-state index contributed by atoms with van der Waals surface area (Å²) in [5.74, 6) is -0.179. The Morgan fingerprint density at radius 2 is 1.78 bits per heavy atom. The second kappa shape index (κ2) is 9.36. The number of nitrogens with zero attached hydrogens (tertiary/aromatic N) is 1. The average Bonchev–Trinajstić information content (AvgIpc) is 3.09. The number of ketones is 1. The third-order valence-electron chi connectivity index (χ3n) is 6.28. The van der Waals surface area contributed by atoms with Crippen LogP contribution in [0, 0.1) is 0 Å². The number of methoxy groups -OCH3 is 2. The zero-order chi connectivity index (χ0) is 22.8. The molecule has 2 aromatic rings. The maximum absolute atomic E-state index is 13.2. The van der Waals surface area contributed by atoms with E-state index < -0.39 is 17.7 Å². The number of halogens is 1. The summed E-state index contributed by atoms with van der Waals surface area (Å²) in [5.41, 5.74) is 1.28. The van der Waals surface area contributed by atoms with Crippen molar-refractivity contribution in [3.8, 4) is 11.5 Å². The number of aliphatic hydroxyl groups excluding tert-OH is 1. The van der Waals surface area contributed by atoms with Crippen LogP contribution in [0.4, 0.5) is 0 Å². The number of likely N-dealkylation sites (tertiary alicyclic amines) is 1. The Balaban J connectivity index is 1.88. The molecule has 6 nitrogen and oxygen atoms in total. The number of hydrogen-bond donors (Lipinski definition) is 1. The molecular formula is C25H26BrNO5. The summed E-state index contributed by atoms with van der Waals surface area (Å²) in [6.45, 7) is 0. The van der Waals surface area contributed by atoms with Crippen molar-refractivity contribution in [2.45, 2.75) is 44.2 Å². The number of benzene rings is 2. The first-order valence-corrected chi connectivity index (χ1v) is 11.5. The van der Waals surface area contributed by atoms with Crippen LogP contribution in [0.5, 0.6) is 11.5 Å². The Labute approximate surface area is 196 Å². The van der Waals surface area contributed by atoms with E-state index in [9.17, 15) is 14.7 Å². The molecule has 1 aliphatic carbocycles. The predicted molar refractivity (Wildman–Crippen MR) is 125 cm³/mol. The van der Waals surface area contributed by atoms with Gasteiger partial charge < -0.3 is 19.5 Å². The highest BCUT2D eigenvalue weighted by molar-refractivity contribution is 9.10. The number of carbonyl (C=O) groups is 2. The molecule has 1 heterocycles. The van der Waals surface area contributed by atoms with Gasteiger partial charge in [0.15, 0.2) is 0 Å². The molecule has 1 amide bonds. The quantitative estimate of drug-likeness (QED) is 0.346. The highest BCUT2D eigenvalue weighted by Crippen LogP contribution is 2.44. The van der Waals surface area contributed by atoms with Crippen molar-refractivity contribution in [1.82, 2.24) is 4.90 Å². The summed E-state index contributed by atoms with van der Waals surface area (Å²) in [4.78, 5) is 28.2. The molecule has 1 saturated carbocycles. The number of Topliss-reactive ketones (excluding diaryl/α,β-unsaturated/α-hetero) is 1. The van der Waals surface area contributed by atoms with E-state index in [0.29, 0.717) is 21.5 Å². The molecule has 1 saturated heterocycles. The van der Waals surface area contributed by atoms with E-state index in [1.165, 1.54) is 0 Å². The summed E-state index contributed by atoms with van der Waals surface area (Å²) >= 11 is 3.43. The van der Waals surface area contributed by atoms with Crippen LogP contribution in [0.2, 0.25) is 0 Å². The largest absolute Gasteiger partial charge is 0.507 e. The van der Waals surface area contributed by atoms with Gasteiger partial charge in [-0.2, -0.15) is 0 Å². The molecule has 7 heteroatoms. The van der Waals surface area contributed by atoms with Gasteiger partial charge in [-0.15, -0.1) is 0 Å². The molecule has 168 valence electrons. The van der Waals surface area contributed by atoms with Crippen molar-refractivity contribution in [2.24, 2.45) is 0 Å². The van der Waals surface area contributed by atoms with Crippen LogP contribution in [0.3, 0.4) is 0 Å². The summed E-state index contributed by atoms with van der Waals surface area (Å²) in [6.07, 6.45) is 4.86. The van der Waals surface area contributed by atoms with Crippen molar-refractivity contribution in [3.63, 3.8) is 0 Å². The smallest absolute Gasteiger partial charge is 0.295 e. The third-order valence-corrected chi connectivity index (χ3v) is 6.90. The van der Waals surface area contributed by atoms with Crippen molar-refractivity contribution in [3.05, 3.63) is 63.6 Å². The first-order chi connectivity index (χ1) is 15.5. The Morgan fingerprint density at radius 1 is 1.03 bits per heavy atom. The summed E-state index contributed by atoms with van der Waals surface area (Å²) in [7, 11) is 3.13. The van der Waals surface area contributed by atoms with Gasteiger partial charge in [0, 0.05) is 11.6 Å². The van der Waals surface area contributed by atoms with Crippen LogP contribution < -0.4 is 9.47 Å². The lowest BCUT2D eigenvalue weighted by Gasteiger charge is -2.35. The van der Waals surface area contributed by atoms with Crippen LogP contribution in [-0.4, -0.2) is 42.0 Å². The fourth-order valence-corrected chi connectivity index (χ4v) is 5.23. The van der Waals surface area contributed by atoms with Crippen LogP contribution in [-0.2, 0) is 9.59 Å². The van der Waals surface area contributed by atoms with Gasteiger partial charge in [-0.3, -0.25) is 9.59 Å². The molecule has 4 rings (SSSR count). The minimum Gasteiger partial charge on any atom is -0.507 e. The van der Waals surface area contributed by atoms with Crippen LogP contribution in [0.1, 0.15) is 49.3 Å². The highest BCUT2D eigenvalue weighted by atomic mass is 79.9. The second-order valence-electron chi connectivity index (χ2n) is 8.12. The van der Waals surface area contributed by atoms with E-state index in [0.717, 1.165) is 37.7 Å². The van der Waals surface area contributed by atoms with E-state index >= 15 is 0 Å². The second-order valence-corrected chi connectivity index (χ2v) is 8.98. The molecule has 0 radical (unpaired) electrons. The maximum Gasteiger partial charge on any atom is 0.295 e. The van der Waals surface area contributed by atoms with E-state index in [2.05, 4.69) is 15.9 Å². The number of carbonyl (C=O) groups excluding carboxylic acids is 2. The highest BCUT2D eigenvalue weighted by Gasteiger charge is 2.49. The van der Waals surface area contributed by atoms with Gasteiger partial charge in [0.25, 0.3) is 11.7 Å². The fourth-order valence-electron chi connectivity index (χ4n) is 4.69. The zero-order valence-electron chi connectivity index (χ0n) is 18.1. The van der Waals surface area contributed by atoms with Crippen molar-refractivity contribution >= 4 is 33.4 Å². The Bertz CT molecular complexity index is 1070. The third kappa shape index (κ3) is 4.01. The molecule has 2 fully saturated rings. The van der Waals surface area contributed by atoms with E-state index in [1.807, 2.05) is 24.3 Å². The van der Waals surface area contributed by atoms with Crippen molar-refractivity contribution < 1.29 is 24.2 Å². The van der Waals surface area contributed by atoms with Gasteiger partial charge in [0.05, 0.1) is 30.3 Å². The minimum absolute atomic E-state index is 0.0377. The van der Waals surface area contributed by atoms with E-state index in [4.69, 9.17) is 9.47 Å². The monoisotopic (exact) mass is 499 g/mol. The predicted octanol–water partition coefficient (Wildman–Crippen LogP) is 5.22. The molecular weight excluding hydrogens is 474 g/mol. The van der Waals surface area contributed by atoms with Crippen LogP contribution >= 0.6 is 15.9 Å². The minimum atomic E-state index is -0.672. The van der Waals surface area contributed by atoms with Crippen molar-refractivity contribution in [2.75, 3.05) is 14.2 Å². The average molecular weight is 500 g/mol. The number of hydrogen-bond acceptors (Lipinski definition) is 5. The Kier molecular flexibility index (Phi) is 6.55. The fraction of sp³-hybridized carbons (Fsp3) is 0.360. The van der Waals surface area contributed by atoms with Gasteiger partial charge in [0.2, 0.25) is 0 Å². The first-order valence-electron chi connectivity index (χ1n) is 10.7. The molecule has 2 aromatic carbocycles. The molecule has 1 unspecified atom stereocenters. The lowest BCUT2D eigenvalue weighted by Crippen LogP contribution is -2.40. The molecule has 0 bridgehead atoms. The number of ether oxygens (including phenoxy) is 2. The normalized spacial score (nSPS) is 21.1.